The molecule has 0 radical (unpaired) electrons. The highest BCUT2D eigenvalue weighted by Gasteiger charge is 2.44. The monoisotopic (exact) mass is 617 g/mol. The molecule has 0 saturated carbocycles. The fourth-order valence-corrected chi connectivity index (χ4v) is 6.48. The van der Waals surface area contributed by atoms with Gasteiger partial charge in [-0.05, 0) is 79.5 Å². The molecule has 3 aromatic carbocycles. The zero-order valence-electron chi connectivity index (χ0n) is 24.8. The van der Waals surface area contributed by atoms with Gasteiger partial charge in [0.05, 0.1) is 19.2 Å². The minimum absolute atomic E-state index is 0.0158. The lowest BCUT2D eigenvalue weighted by molar-refractivity contribution is -0.124. The number of methoxy groups -OCH3 is 1. The number of hydrogen-bond donors (Lipinski definition) is 1. The van der Waals surface area contributed by atoms with E-state index in [-0.39, 0.29) is 18.2 Å². The van der Waals surface area contributed by atoms with Crippen molar-refractivity contribution in [3.63, 3.8) is 0 Å². The van der Waals surface area contributed by atoms with E-state index in [1.165, 1.54) is 5.56 Å². The van der Waals surface area contributed by atoms with Gasteiger partial charge in [-0.15, -0.1) is 11.8 Å². The molecule has 2 aliphatic rings. The van der Waals surface area contributed by atoms with Crippen molar-refractivity contribution >= 4 is 52.3 Å². The first kappa shape index (κ1) is 31.0. The highest BCUT2D eigenvalue weighted by molar-refractivity contribution is 7.98. The molecule has 2 amide bonds. The summed E-state index contributed by atoms with van der Waals surface area (Å²) in [5.74, 6) is 0.314. The lowest BCUT2D eigenvalue weighted by Crippen LogP contribution is -2.47. The van der Waals surface area contributed by atoms with Crippen LogP contribution in [0.4, 0.5) is 11.4 Å². The number of nitrogens with one attached hydrogen (secondary N) is 1. The summed E-state index contributed by atoms with van der Waals surface area (Å²) in [7, 11) is 1.60. The SMILES string of the molecule is COc1ccc(NC(=O)C[C@H]2C(=O)N(c3cccc(SC)c3)C(=S)N2CCCN2CCN(Cc3ccccc3)CC2)cc1. The van der Waals surface area contributed by atoms with E-state index in [0.29, 0.717) is 23.1 Å². The Labute approximate surface area is 264 Å². The standard InChI is InChI=1S/C33H39N5O3S2/c1-41-28-14-12-26(13-15-28)34-31(39)23-30-32(40)38(27-10-6-11-29(22-27)43-2)33(42)37(30)17-7-16-35-18-20-36(21-19-35)24-25-8-4-3-5-9-25/h3-6,8-15,22,30H,7,16-21,23-24H2,1-2H3,(H,34,39)/t30-/m0/s1. The van der Waals surface area contributed by atoms with Crippen LogP contribution in [0.2, 0.25) is 0 Å². The molecule has 1 N–H and O–H groups in total. The second-order valence-electron chi connectivity index (χ2n) is 10.8. The molecule has 5 rings (SSSR count). The van der Waals surface area contributed by atoms with E-state index in [1.807, 2.05) is 35.4 Å². The summed E-state index contributed by atoms with van der Waals surface area (Å²) in [5, 5.41) is 3.38. The molecule has 2 aliphatic heterocycles. The Morgan fingerprint density at radius 1 is 0.953 bits per heavy atom. The Morgan fingerprint density at radius 3 is 2.37 bits per heavy atom. The predicted molar refractivity (Wildman–Crippen MR) is 178 cm³/mol. The highest BCUT2D eigenvalue weighted by Crippen LogP contribution is 2.30. The van der Waals surface area contributed by atoms with Crippen LogP contribution < -0.4 is 15.0 Å². The number of hydrogen-bond acceptors (Lipinski definition) is 7. The topological polar surface area (TPSA) is 68.4 Å². The fraction of sp³-hybridized carbons (Fsp3) is 0.364. The van der Waals surface area contributed by atoms with Crippen LogP contribution >= 0.6 is 24.0 Å². The number of piperazine rings is 1. The maximum absolute atomic E-state index is 13.8. The molecule has 0 aliphatic carbocycles. The van der Waals surface area contributed by atoms with Crippen molar-refractivity contribution in [2.45, 2.75) is 30.3 Å². The highest BCUT2D eigenvalue weighted by atomic mass is 32.2. The van der Waals surface area contributed by atoms with Crippen LogP contribution in [0, 0.1) is 0 Å². The molecular weight excluding hydrogens is 579 g/mol. The van der Waals surface area contributed by atoms with Crippen LogP contribution in [0.1, 0.15) is 18.4 Å². The maximum Gasteiger partial charge on any atom is 0.256 e. The van der Waals surface area contributed by atoms with Gasteiger partial charge in [0.15, 0.2) is 5.11 Å². The van der Waals surface area contributed by atoms with E-state index in [2.05, 4.69) is 45.4 Å². The van der Waals surface area contributed by atoms with Gasteiger partial charge in [0.2, 0.25) is 5.91 Å². The second-order valence-corrected chi connectivity index (χ2v) is 12.0. The quantitative estimate of drug-likeness (QED) is 0.226. The molecule has 2 fully saturated rings. The molecule has 0 spiro atoms. The fourth-order valence-electron chi connectivity index (χ4n) is 5.61. The number of nitrogens with zero attached hydrogens (tertiary/aromatic N) is 4. The van der Waals surface area contributed by atoms with Crippen molar-refractivity contribution < 1.29 is 14.3 Å². The number of amides is 2. The lowest BCUT2D eigenvalue weighted by atomic mass is 10.1. The minimum atomic E-state index is -0.661. The number of ether oxygens (including phenoxy) is 1. The predicted octanol–water partition coefficient (Wildman–Crippen LogP) is 4.96. The molecule has 8 nitrogen and oxygen atoms in total. The van der Waals surface area contributed by atoms with Gasteiger partial charge in [-0.1, -0.05) is 36.4 Å². The van der Waals surface area contributed by atoms with Gasteiger partial charge >= 0.3 is 0 Å². The average molecular weight is 618 g/mol. The third-order valence-electron chi connectivity index (χ3n) is 7.97. The van der Waals surface area contributed by atoms with E-state index in [9.17, 15) is 9.59 Å². The van der Waals surface area contributed by atoms with E-state index in [0.717, 1.165) is 56.3 Å². The average Bonchev–Trinajstić information content (AvgIpc) is 3.26. The van der Waals surface area contributed by atoms with E-state index in [4.69, 9.17) is 17.0 Å². The molecular formula is C33H39N5O3S2. The van der Waals surface area contributed by atoms with Crippen LogP contribution in [0.3, 0.4) is 0 Å². The Morgan fingerprint density at radius 2 is 1.67 bits per heavy atom. The smallest absolute Gasteiger partial charge is 0.256 e. The third kappa shape index (κ3) is 7.94. The summed E-state index contributed by atoms with van der Waals surface area (Å²) in [6.07, 6.45) is 2.87. The molecule has 2 heterocycles. The van der Waals surface area contributed by atoms with Gasteiger partial charge in [-0.3, -0.25) is 19.4 Å². The van der Waals surface area contributed by atoms with Gasteiger partial charge in [0, 0.05) is 49.9 Å². The van der Waals surface area contributed by atoms with Crippen molar-refractivity contribution in [2.24, 2.45) is 0 Å². The van der Waals surface area contributed by atoms with Crippen LogP contribution in [0.15, 0.2) is 83.8 Å². The molecule has 0 unspecified atom stereocenters. The van der Waals surface area contributed by atoms with Gasteiger partial charge in [0.25, 0.3) is 5.91 Å². The largest absolute Gasteiger partial charge is 0.497 e. The summed E-state index contributed by atoms with van der Waals surface area (Å²) < 4.78 is 5.21. The van der Waals surface area contributed by atoms with Gasteiger partial charge in [0.1, 0.15) is 11.8 Å². The Kier molecular flexibility index (Phi) is 10.7. The molecule has 226 valence electrons. The number of thiocarbonyl (C=S) groups is 1. The Bertz CT molecular complexity index is 1400. The van der Waals surface area contributed by atoms with Gasteiger partial charge < -0.3 is 19.9 Å². The summed E-state index contributed by atoms with van der Waals surface area (Å²) in [4.78, 5) is 36.5. The van der Waals surface area contributed by atoms with Crippen LogP contribution in [0.25, 0.3) is 0 Å². The molecule has 0 bridgehead atoms. The lowest BCUT2D eigenvalue weighted by Gasteiger charge is -2.35. The third-order valence-corrected chi connectivity index (χ3v) is 9.11. The number of carbonyl (C=O) groups excluding carboxylic acids is 2. The number of carbonyl (C=O) groups is 2. The van der Waals surface area contributed by atoms with Crippen molar-refractivity contribution in [3.8, 4) is 5.75 Å². The molecule has 3 aromatic rings. The summed E-state index contributed by atoms with van der Waals surface area (Å²) in [6.45, 7) is 6.58. The molecule has 2 saturated heterocycles. The van der Waals surface area contributed by atoms with Crippen molar-refractivity contribution in [2.75, 3.05) is 62.9 Å². The molecule has 10 heteroatoms. The Balaban J connectivity index is 1.21. The molecule has 0 aromatic heterocycles. The summed E-state index contributed by atoms with van der Waals surface area (Å²) >= 11 is 7.51. The van der Waals surface area contributed by atoms with Gasteiger partial charge in [-0.2, -0.15) is 0 Å². The number of benzene rings is 3. The summed E-state index contributed by atoms with van der Waals surface area (Å²) in [5.41, 5.74) is 2.73. The Hall–Kier alpha value is -3.44. The molecule has 43 heavy (non-hydrogen) atoms. The van der Waals surface area contributed by atoms with Crippen molar-refractivity contribution in [1.82, 2.24) is 14.7 Å². The number of anilines is 2. The van der Waals surface area contributed by atoms with Crippen LogP contribution in [-0.2, 0) is 16.1 Å². The first-order chi connectivity index (χ1) is 20.9. The summed E-state index contributed by atoms with van der Waals surface area (Å²) in [6, 6.07) is 24.9. The van der Waals surface area contributed by atoms with Crippen molar-refractivity contribution in [1.29, 1.82) is 0 Å². The van der Waals surface area contributed by atoms with Crippen LogP contribution in [0.5, 0.6) is 5.75 Å². The normalized spacial score (nSPS) is 17.9. The maximum atomic E-state index is 13.8. The first-order valence-electron chi connectivity index (χ1n) is 14.7. The minimum Gasteiger partial charge on any atom is -0.497 e. The zero-order chi connectivity index (χ0) is 30.2. The van der Waals surface area contributed by atoms with E-state index in [1.54, 1.807) is 48.0 Å². The number of thioether (sulfide) groups is 1. The van der Waals surface area contributed by atoms with E-state index >= 15 is 0 Å². The number of rotatable bonds is 12. The van der Waals surface area contributed by atoms with Gasteiger partial charge in [-0.25, -0.2) is 0 Å². The first-order valence-corrected chi connectivity index (χ1v) is 16.3. The second kappa shape index (κ2) is 14.8. The molecule has 1 atom stereocenters. The zero-order valence-corrected chi connectivity index (χ0v) is 26.4. The van der Waals surface area contributed by atoms with Crippen molar-refractivity contribution in [3.05, 3.63) is 84.4 Å². The van der Waals surface area contributed by atoms with E-state index < -0.39 is 6.04 Å². The van der Waals surface area contributed by atoms with Crippen LogP contribution in [-0.4, -0.2) is 90.3 Å².